The lowest BCUT2D eigenvalue weighted by molar-refractivity contribution is 0.102. The molecular formula is C24H23N5O. The zero-order valence-corrected chi connectivity index (χ0v) is 16.9. The fourth-order valence-electron chi connectivity index (χ4n) is 4.26. The summed E-state index contributed by atoms with van der Waals surface area (Å²) in [6.07, 6.45) is 4.65. The Labute approximate surface area is 175 Å². The van der Waals surface area contributed by atoms with Crippen LogP contribution in [0.15, 0.2) is 60.8 Å². The summed E-state index contributed by atoms with van der Waals surface area (Å²) < 4.78 is 2.26. The van der Waals surface area contributed by atoms with Crippen LogP contribution in [0, 0.1) is 0 Å². The molecule has 1 aliphatic rings. The number of nitrogens with zero attached hydrogens (tertiary/aromatic N) is 4. The molecule has 0 aliphatic carbocycles. The number of rotatable bonds is 4. The van der Waals surface area contributed by atoms with Crippen molar-refractivity contribution >= 4 is 22.5 Å². The molecule has 5 rings (SSSR count). The summed E-state index contributed by atoms with van der Waals surface area (Å²) >= 11 is 0. The van der Waals surface area contributed by atoms with Gasteiger partial charge in [0, 0.05) is 48.1 Å². The number of aryl methyl sites for hydroxylation is 2. The van der Waals surface area contributed by atoms with Gasteiger partial charge in [0.05, 0.1) is 5.52 Å². The molecule has 0 radical (unpaired) electrons. The normalized spacial score (nSPS) is 15.7. The summed E-state index contributed by atoms with van der Waals surface area (Å²) in [4.78, 5) is 17.2. The number of amides is 1. The van der Waals surface area contributed by atoms with Crippen molar-refractivity contribution in [2.24, 2.45) is 0 Å². The molecule has 1 atom stereocenters. The van der Waals surface area contributed by atoms with Crippen LogP contribution in [0.1, 0.15) is 46.8 Å². The molecule has 0 saturated heterocycles. The lowest BCUT2D eigenvalue weighted by Gasteiger charge is -2.24. The van der Waals surface area contributed by atoms with Crippen LogP contribution in [0.25, 0.3) is 10.9 Å². The van der Waals surface area contributed by atoms with Gasteiger partial charge in [-0.15, -0.1) is 10.2 Å². The fourth-order valence-corrected chi connectivity index (χ4v) is 4.26. The Morgan fingerprint density at radius 2 is 1.97 bits per heavy atom. The molecule has 1 amide bonds. The van der Waals surface area contributed by atoms with Crippen molar-refractivity contribution in [2.75, 3.05) is 5.32 Å². The molecule has 6 nitrogen and oxygen atoms in total. The molecule has 0 bridgehead atoms. The Morgan fingerprint density at radius 3 is 2.80 bits per heavy atom. The number of aromatic nitrogens is 4. The van der Waals surface area contributed by atoms with Crippen molar-refractivity contribution in [3.05, 3.63) is 83.6 Å². The first-order valence-electron chi connectivity index (χ1n) is 10.4. The molecule has 0 saturated carbocycles. The van der Waals surface area contributed by atoms with E-state index in [1.54, 1.807) is 6.20 Å². The second-order valence-corrected chi connectivity index (χ2v) is 7.68. The Morgan fingerprint density at radius 1 is 1.10 bits per heavy atom. The minimum Gasteiger partial charge on any atom is -0.322 e. The van der Waals surface area contributed by atoms with Crippen molar-refractivity contribution in [3.8, 4) is 0 Å². The van der Waals surface area contributed by atoms with Gasteiger partial charge in [0.25, 0.3) is 5.91 Å². The SMILES string of the molecule is CCc1nnc2n1C[C@@H](c1ccc(NC(=O)c3cccc4ncccc34)cc1)CC2. The fraction of sp³-hybridized carbons (Fsp3) is 0.250. The van der Waals surface area contributed by atoms with E-state index in [-0.39, 0.29) is 5.91 Å². The molecule has 6 heteroatoms. The van der Waals surface area contributed by atoms with Gasteiger partial charge in [0.1, 0.15) is 11.6 Å². The average Bonchev–Trinajstić information content (AvgIpc) is 3.21. The van der Waals surface area contributed by atoms with Crippen LogP contribution in [0.2, 0.25) is 0 Å². The van der Waals surface area contributed by atoms with Crippen LogP contribution in [0.3, 0.4) is 0 Å². The van der Waals surface area contributed by atoms with E-state index in [1.165, 1.54) is 5.56 Å². The number of benzene rings is 2. The molecule has 0 unspecified atom stereocenters. The third-order valence-electron chi connectivity index (χ3n) is 5.87. The molecule has 4 aromatic rings. The van der Waals surface area contributed by atoms with Crippen molar-refractivity contribution < 1.29 is 4.79 Å². The summed E-state index contributed by atoms with van der Waals surface area (Å²) in [6, 6.07) is 17.6. The number of fused-ring (bicyclic) bond motifs is 2. The molecule has 2 aromatic heterocycles. The number of pyridine rings is 1. The van der Waals surface area contributed by atoms with Crippen LogP contribution < -0.4 is 5.32 Å². The third-order valence-corrected chi connectivity index (χ3v) is 5.87. The highest BCUT2D eigenvalue weighted by Crippen LogP contribution is 2.30. The average molecular weight is 397 g/mol. The summed E-state index contributed by atoms with van der Waals surface area (Å²) in [7, 11) is 0. The van der Waals surface area contributed by atoms with Crippen LogP contribution in [0.4, 0.5) is 5.69 Å². The van der Waals surface area contributed by atoms with Gasteiger partial charge >= 0.3 is 0 Å². The lowest BCUT2D eigenvalue weighted by Crippen LogP contribution is -2.20. The van der Waals surface area contributed by atoms with Gasteiger partial charge in [-0.1, -0.05) is 31.2 Å². The van der Waals surface area contributed by atoms with Crippen molar-refractivity contribution in [1.82, 2.24) is 19.7 Å². The number of hydrogen-bond donors (Lipinski definition) is 1. The molecule has 2 aromatic carbocycles. The van der Waals surface area contributed by atoms with E-state index < -0.39 is 0 Å². The van der Waals surface area contributed by atoms with E-state index in [0.29, 0.717) is 11.5 Å². The molecule has 1 N–H and O–H groups in total. The minimum absolute atomic E-state index is 0.124. The van der Waals surface area contributed by atoms with Gasteiger partial charge < -0.3 is 9.88 Å². The van der Waals surface area contributed by atoms with E-state index in [1.807, 2.05) is 42.5 Å². The van der Waals surface area contributed by atoms with Gasteiger partial charge in [0.15, 0.2) is 0 Å². The molecular weight excluding hydrogens is 374 g/mol. The summed E-state index contributed by atoms with van der Waals surface area (Å²) in [6.45, 7) is 3.03. The number of nitrogens with one attached hydrogen (secondary N) is 1. The van der Waals surface area contributed by atoms with E-state index in [4.69, 9.17) is 0 Å². The lowest BCUT2D eigenvalue weighted by atomic mass is 9.91. The second-order valence-electron chi connectivity index (χ2n) is 7.68. The predicted octanol–water partition coefficient (Wildman–Crippen LogP) is 4.37. The molecule has 0 spiro atoms. The van der Waals surface area contributed by atoms with E-state index >= 15 is 0 Å². The molecule has 3 heterocycles. The maximum absolute atomic E-state index is 12.8. The van der Waals surface area contributed by atoms with Crippen molar-refractivity contribution in [2.45, 2.75) is 38.6 Å². The van der Waals surface area contributed by atoms with Crippen molar-refractivity contribution in [1.29, 1.82) is 0 Å². The highest BCUT2D eigenvalue weighted by atomic mass is 16.1. The quantitative estimate of drug-likeness (QED) is 0.555. The molecule has 0 fully saturated rings. The standard InChI is InChI=1S/C24H23N5O/c1-2-22-27-28-23-13-10-17(15-29(22)23)16-8-11-18(12-9-16)26-24(30)20-5-3-7-21-19(20)6-4-14-25-21/h3-9,11-12,14,17H,2,10,13,15H2,1H3,(H,26,30)/t17-/m0/s1. The highest BCUT2D eigenvalue weighted by Gasteiger charge is 2.23. The van der Waals surface area contributed by atoms with Crippen LogP contribution >= 0.6 is 0 Å². The smallest absolute Gasteiger partial charge is 0.256 e. The van der Waals surface area contributed by atoms with Gasteiger partial charge in [-0.25, -0.2) is 0 Å². The van der Waals surface area contributed by atoms with E-state index in [0.717, 1.165) is 54.0 Å². The Hall–Kier alpha value is -3.54. The topological polar surface area (TPSA) is 72.7 Å². The maximum Gasteiger partial charge on any atom is 0.256 e. The Bertz CT molecular complexity index is 1190. The van der Waals surface area contributed by atoms with Gasteiger partial charge in [-0.3, -0.25) is 9.78 Å². The van der Waals surface area contributed by atoms with Gasteiger partial charge in [-0.05, 0) is 42.3 Å². The minimum atomic E-state index is -0.124. The number of carbonyl (C=O) groups is 1. The second kappa shape index (κ2) is 7.71. The van der Waals surface area contributed by atoms with Crippen LogP contribution in [-0.2, 0) is 19.4 Å². The summed E-state index contributed by atoms with van der Waals surface area (Å²) in [5, 5.41) is 12.5. The van der Waals surface area contributed by atoms with Crippen LogP contribution in [-0.4, -0.2) is 25.7 Å². The Balaban J connectivity index is 1.32. The zero-order chi connectivity index (χ0) is 20.5. The van der Waals surface area contributed by atoms with E-state index in [9.17, 15) is 4.79 Å². The summed E-state index contributed by atoms with van der Waals surface area (Å²) in [5.41, 5.74) is 3.52. The first-order chi connectivity index (χ1) is 14.7. The number of carbonyl (C=O) groups excluding carboxylic acids is 1. The molecule has 30 heavy (non-hydrogen) atoms. The van der Waals surface area contributed by atoms with Crippen molar-refractivity contribution in [3.63, 3.8) is 0 Å². The van der Waals surface area contributed by atoms with Gasteiger partial charge in [-0.2, -0.15) is 0 Å². The Kier molecular flexibility index (Phi) is 4.75. The third kappa shape index (κ3) is 3.34. The monoisotopic (exact) mass is 397 g/mol. The number of anilines is 1. The predicted molar refractivity (Wildman–Crippen MR) is 117 cm³/mol. The first-order valence-corrected chi connectivity index (χ1v) is 10.4. The van der Waals surface area contributed by atoms with Gasteiger partial charge in [0.2, 0.25) is 0 Å². The largest absolute Gasteiger partial charge is 0.322 e. The zero-order valence-electron chi connectivity index (χ0n) is 16.9. The van der Waals surface area contributed by atoms with E-state index in [2.05, 4.69) is 44.1 Å². The highest BCUT2D eigenvalue weighted by molar-refractivity contribution is 6.12. The summed E-state index contributed by atoms with van der Waals surface area (Å²) in [5.74, 6) is 2.47. The van der Waals surface area contributed by atoms with Crippen LogP contribution in [0.5, 0.6) is 0 Å². The molecule has 1 aliphatic heterocycles. The molecule has 150 valence electrons. The maximum atomic E-state index is 12.8. The first kappa shape index (κ1) is 18.5. The number of hydrogen-bond acceptors (Lipinski definition) is 4.